The molecule has 1 aliphatic rings. The van der Waals surface area contributed by atoms with E-state index >= 15 is 0 Å². The number of nitrogens with one attached hydrogen (secondary N) is 1. The Hall–Kier alpha value is -0.800. The quantitative estimate of drug-likeness (QED) is 0.376. The van der Waals surface area contributed by atoms with Gasteiger partial charge >= 0.3 is 0 Å². The fraction of sp³-hybridized carbons (Fsp3) is 0.733. The highest BCUT2D eigenvalue weighted by atomic mass is 16.3. The van der Waals surface area contributed by atoms with Crippen LogP contribution in [0.1, 0.15) is 46.0 Å². The second kappa shape index (κ2) is 8.33. The minimum Gasteiger partial charge on any atom is -0.390 e. The average Bonchev–Trinajstić information content (AvgIpc) is 2.78. The number of nitrogens with zero attached hydrogens (tertiary/aromatic N) is 1. The minimum atomic E-state index is 0.247. The number of unbranched alkanes of at least 4 members (excludes halogenated alkanes) is 3. The molecule has 3 nitrogen and oxygen atoms in total. The molecule has 0 saturated heterocycles. The standard InChI is InChI=1S/C15H29N2O/c1-3-5-6-7-8-9-10-15-16-11-12-17(15,4-2)13-14-18/h8-9,11-12,15-16,18H,3-7,10,13-14H2,1-2H3/q+1/b9-8+. The van der Waals surface area contributed by atoms with Crippen molar-refractivity contribution >= 4 is 0 Å². The van der Waals surface area contributed by atoms with Gasteiger partial charge in [0.25, 0.3) is 0 Å². The van der Waals surface area contributed by atoms with E-state index in [-0.39, 0.29) is 6.61 Å². The molecule has 18 heavy (non-hydrogen) atoms. The fourth-order valence-electron chi connectivity index (χ4n) is 2.59. The molecule has 0 amide bonds. The van der Waals surface area contributed by atoms with Gasteiger partial charge in [-0.2, -0.15) is 0 Å². The van der Waals surface area contributed by atoms with Crippen molar-refractivity contribution in [3.63, 3.8) is 0 Å². The van der Waals surface area contributed by atoms with E-state index in [9.17, 15) is 5.11 Å². The van der Waals surface area contributed by atoms with Gasteiger partial charge in [-0.1, -0.05) is 31.9 Å². The Balaban J connectivity index is 2.36. The third-order valence-corrected chi connectivity index (χ3v) is 3.89. The molecule has 0 aromatic carbocycles. The Morgan fingerprint density at radius 3 is 2.78 bits per heavy atom. The second-order valence-corrected chi connectivity index (χ2v) is 5.07. The first kappa shape index (κ1) is 15.3. The zero-order chi connectivity index (χ0) is 13.3. The van der Waals surface area contributed by atoms with E-state index in [0.29, 0.717) is 6.17 Å². The Morgan fingerprint density at radius 1 is 1.28 bits per heavy atom. The number of hydrogen-bond acceptors (Lipinski definition) is 2. The summed E-state index contributed by atoms with van der Waals surface area (Å²) in [6.45, 7) is 6.49. The van der Waals surface area contributed by atoms with Crippen molar-refractivity contribution in [1.82, 2.24) is 5.32 Å². The first-order valence-electron chi connectivity index (χ1n) is 7.35. The largest absolute Gasteiger partial charge is 0.390 e. The molecular weight excluding hydrogens is 224 g/mol. The summed E-state index contributed by atoms with van der Waals surface area (Å²) in [6, 6.07) is 0. The highest BCUT2D eigenvalue weighted by Gasteiger charge is 2.35. The summed E-state index contributed by atoms with van der Waals surface area (Å²) >= 11 is 0. The van der Waals surface area contributed by atoms with E-state index in [1.54, 1.807) is 0 Å². The molecule has 0 saturated carbocycles. The van der Waals surface area contributed by atoms with Crippen LogP contribution in [0.25, 0.3) is 0 Å². The van der Waals surface area contributed by atoms with Crippen LogP contribution in [-0.2, 0) is 0 Å². The monoisotopic (exact) mass is 253 g/mol. The summed E-state index contributed by atoms with van der Waals surface area (Å²) in [5.74, 6) is 0. The topological polar surface area (TPSA) is 32.3 Å². The number of allylic oxidation sites excluding steroid dienone is 1. The highest BCUT2D eigenvalue weighted by Crippen LogP contribution is 2.20. The Bertz CT molecular complexity index is 276. The first-order valence-corrected chi connectivity index (χ1v) is 7.35. The van der Waals surface area contributed by atoms with Gasteiger partial charge in [-0.05, 0) is 19.8 Å². The lowest BCUT2D eigenvalue weighted by Crippen LogP contribution is -2.53. The summed E-state index contributed by atoms with van der Waals surface area (Å²) in [5.41, 5.74) is 0. The minimum absolute atomic E-state index is 0.247. The van der Waals surface area contributed by atoms with Crippen molar-refractivity contribution in [2.45, 2.75) is 52.1 Å². The van der Waals surface area contributed by atoms with Gasteiger partial charge in [-0.15, -0.1) is 0 Å². The van der Waals surface area contributed by atoms with Gasteiger partial charge < -0.3 is 10.4 Å². The maximum Gasteiger partial charge on any atom is 0.169 e. The Kier molecular flexibility index (Phi) is 7.06. The van der Waals surface area contributed by atoms with E-state index in [2.05, 4.69) is 37.5 Å². The maximum absolute atomic E-state index is 9.21. The van der Waals surface area contributed by atoms with Crippen LogP contribution in [-0.4, -0.2) is 35.5 Å². The van der Waals surface area contributed by atoms with Gasteiger partial charge in [-0.3, -0.25) is 4.48 Å². The Labute approximate surface area is 112 Å². The van der Waals surface area contributed by atoms with Crippen LogP contribution in [0, 0.1) is 0 Å². The first-order chi connectivity index (χ1) is 8.79. The molecular formula is C15H29N2O+. The lowest BCUT2D eigenvalue weighted by molar-refractivity contribution is -0.899. The van der Waals surface area contributed by atoms with E-state index in [4.69, 9.17) is 0 Å². The molecule has 0 radical (unpaired) electrons. The van der Waals surface area contributed by atoms with Gasteiger partial charge in [-0.25, -0.2) is 0 Å². The number of quaternary nitrogens is 1. The molecule has 0 aromatic heterocycles. The van der Waals surface area contributed by atoms with Crippen molar-refractivity contribution in [3.8, 4) is 0 Å². The maximum atomic E-state index is 9.21. The number of rotatable bonds is 9. The molecule has 2 atom stereocenters. The molecule has 0 bridgehead atoms. The third kappa shape index (κ3) is 4.14. The van der Waals surface area contributed by atoms with Crippen molar-refractivity contribution in [3.05, 3.63) is 24.6 Å². The van der Waals surface area contributed by atoms with Gasteiger partial charge in [0.05, 0.1) is 19.4 Å². The summed E-state index contributed by atoms with van der Waals surface area (Å²) in [5, 5.41) is 12.6. The van der Waals surface area contributed by atoms with Gasteiger partial charge in [0.1, 0.15) is 12.7 Å². The smallest absolute Gasteiger partial charge is 0.169 e. The number of hydrogen-bond donors (Lipinski definition) is 2. The number of aliphatic hydroxyl groups is 1. The van der Waals surface area contributed by atoms with Crippen LogP contribution < -0.4 is 5.32 Å². The molecule has 0 aromatic rings. The van der Waals surface area contributed by atoms with E-state index < -0.39 is 0 Å². The molecule has 1 rings (SSSR count). The molecule has 1 heterocycles. The zero-order valence-corrected chi connectivity index (χ0v) is 11.9. The molecule has 0 fully saturated rings. The predicted octanol–water partition coefficient (Wildman–Crippen LogP) is 2.74. The van der Waals surface area contributed by atoms with Crippen LogP contribution in [0.4, 0.5) is 0 Å². The van der Waals surface area contributed by atoms with E-state index in [0.717, 1.165) is 24.0 Å². The van der Waals surface area contributed by atoms with Crippen LogP contribution in [0.3, 0.4) is 0 Å². The van der Waals surface area contributed by atoms with E-state index in [1.165, 1.54) is 25.7 Å². The molecule has 0 aliphatic carbocycles. The average molecular weight is 253 g/mol. The fourth-order valence-corrected chi connectivity index (χ4v) is 2.59. The van der Waals surface area contributed by atoms with Crippen molar-refractivity contribution in [2.75, 3.05) is 19.7 Å². The number of likely N-dealkylation sites (N-methyl/N-ethyl adjacent to an activating group) is 1. The summed E-state index contributed by atoms with van der Waals surface area (Å²) < 4.78 is 0.857. The molecule has 2 N–H and O–H groups in total. The van der Waals surface area contributed by atoms with Crippen LogP contribution in [0.2, 0.25) is 0 Å². The molecule has 2 unspecified atom stereocenters. The molecule has 1 aliphatic heterocycles. The molecule has 3 heteroatoms. The predicted molar refractivity (Wildman–Crippen MR) is 76.7 cm³/mol. The van der Waals surface area contributed by atoms with Gasteiger partial charge in [0.15, 0.2) is 6.17 Å². The van der Waals surface area contributed by atoms with Gasteiger partial charge in [0, 0.05) is 6.42 Å². The summed E-state index contributed by atoms with van der Waals surface area (Å²) in [7, 11) is 0. The lowest BCUT2D eigenvalue weighted by atomic mass is 10.1. The van der Waals surface area contributed by atoms with Crippen LogP contribution in [0.5, 0.6) is 0 Å². The van der Waals surface area contributed by atoms with Crippen molar-refractivity contribution in [2.24, 2.45) is 0 Å². The zero-order valence-electron chi connectivity index (χ0n) is 11.9. The molecule has 104 valence electrons. The van der Waals surface area contributed by atoms with Crippen LogP contribution >= 0.6 is 0 Å². The lowest BCUT2D eigenvalue weighted by Gasteiger charge is -2.36. The van der Waals surface area contributed by atoms with Crippen molar-refractivity contribution < 1.29 is 9.59 Å². The Morgan fingerprint density at radius 2 is 2.11 bits per heavy atom. The highest BCUT2D eigenvalue weighted by molar-refractivity contribution is 4.91. The summed E-state index contributed by atoms with van der Waals surface area (Å²) in [6.07, 6.45) is 15.4. The van der Waals surface area contributed by atoms with Gasteiger partial charge in [0.2, 0.25) is 0 Å². The SMILES string of the molecule is CCCCC/C=C/CC1NC=C[N+]1(CC)CCO. The molecule has 0 spiro atoms. The second-order valence-electron chi connectivity index (χ2n) is 5.07. The number of aliphatic hydroxyl groups excluding tert-OH is 1. The van der Waals surface area contributed by atoms with Crippen molar-refractivity contribution in [1.29, 1.82) is 0 Å². The summed E-state index contributed by atoms with van der Waals surface area (Å²) in [4.78, 5) is 0. The third-order valence-electron chi connectivity index (χ3n) is 3.89. The van der Waals surface area contributed by atoms with E-state index in [1.807, 2.05) is 6.20 Å². The normalized spacial score (nSPS) is 26.9. The van der Waals surface area contributed by atoms with Crippen LogP contribution in [0.15, 0.2) is 24.6 Å².